The summed E-state index contributed by atoms with van der Waals surface area (Å²) in [4.78, 5) is 17.6. The van der Waals surface area contributed by atoms with Gasteiger partial charge in [0.2, 0.25) is 0 Å². The first-order valence-electron chi connectivity index (χ1n) is 6.67. The van der Waals surface area contributed by atoms with Crippen LogP contribution in [0, 0.1) is 6.92 Å². The number of thiazole rings is 1. The van der Waals surface area contributed by atoms with E-state index in [1.165, 1.54) is 11.3 Å². The van der Waals surface area contributed by atoms with Crippen molar-refractivity contribution >= 4 is 28.8 Å². The van der Waals surface area contributed by atoms with Crippen LogP contribution in [0.15, 0.2) is 47.1 Å². The van der Waals surface area contributed by atoms with Gasteiger partial charge in [-0.15, -0.1) is 11.3 Å². The molecule has 0 spiro atoms. The Hall–Kier alpha value is -2.11. The van der Waals surface area contributed by atoms with Gasteiger partial charge in [-0.3, -0.25) is 4.79 Å². The number of amides is 1. The van der Waals surface area contributed by atoms with Gasteiger partial charge in [-0.05, 0) is 43.3 Å². The molecule has 0 fully saturated rings. The Morgan fingerprint density at radius 2 is 2.09 bits per heavy atom. The fraction of sp³-hybridized carbons (Fsp3) is 0.125. The fourth-order valence-corrected chi connectivity index (χ4v) is 3.06. The van der Waals surface area contributed by atoms with Crippen LogP contribution in [0.25, 0.3) is 10.8 Å². The number of carbonyl (C=O) groups is 1. The van der Waals surface area contributed by atoms with E-state index in [0.29, 0.717) is 17.1 Å². The molecule has 3 aromatic rings. The van der Waals surface area contributed by atoms with Crippen LogP contribution in [-0.4, -0.2) is 10.9 Å². The minimum atomic E-state index is -0.135. The standard InChI is InChI=1S/C16H13ClN2O2S/c1-10-14(22-16(19-10)13-3-2-8-21-13)9-18-15(20)11-4-6-12(17)7-5-11/h2-8H,9H2,1H3,(H,18,20). The van der Waals surface area contributed by atoms with Gasteiger partial charge in [0.25, 0.3) is 5.91 Å². The number of nitrogens with one attached hydrogen (secondary N) is 1. The lowest BCUT2D eigenvalue weighted by Crippen LogP contribution is -2.22. The summed E-state index contributed by atoms with van der Waals surface area (Å²) in [6, 6.07) is 10.5. The van der Waals surface area contributed by atoms with Crippen LogP contribution in [-0.2, 0) is 6.54 Å². The van der Waals surface area contributed by atoms with E-state index in [4.69, 9.17) is 16.0 Å². The first-order chi connectivity index (χ1) is 10.6. The SMILES string of the molecule is Cc1nc(-c2ccco2)sc1CNC(=O)c1ccc(Cl)cc1. The third-order valence-corrected chi connectivity index (χ3v) is 4.56. The van der Waals surface area contributed by atoms with Crippen molar-refractivity contribution in [2.75, 3.05) is 0 Å². The molecule has 0 aliphatic carbocycles. The number of furan rings is 1. The number of nitrogens with zero attached hydrogens (tertiary/aromatic N) is 1. The molecule has 22 heavy (non-hydrogen) atoms. The number of aryl methyl sites for hydroxylation is 1. The summed E-state index contributed by atoms with van der Waals surface area (Å²) in [5.41, 5.74) is 1.48. The van der Waals surface area contributed by atoms with E-state index in [1.54, 1.807) is 30.5 Å². The molecule has 0 saturated heterocycles. The van der Waals surface area contributed by atoms with Crippen LogP contribution in [0.1, 0.15) is 20.9 Å². The minimum absolute atomic E-state index is 0.135. The van der Waals surface area contributed by atoms with Gasteiger partial charge in [0.1, 0.15) is 0 Å². The molecule has 3 rings (SSSR count). The van der Waals surface area contributed by atoms with Crippen molar-refractivity contribution in [3.63, 3.8) is 0 Å². The highest BCUT2D eigenvalue weighted by molar-refractivity contribution is 7.15. The molecule has 0 unspecified atom stereocenters. The van der Waals surface area contributed by atoms with Crippen molar-refractivity contribution in [3.8, 4) is 10.8 Å². The second kappa shape index (κ2) is 6.34. The Morgan fingerprint density at radius 1 is 1.32 bits per heavy atom. The molecule has 1 amide bonds. The van der Waals surface area contributed by atoms with Crippen LogP contribution >= 0.6 is 22.9 Å². The molecule has 4 nitrogen and oxygen atoms in total. The molecule has 112 valence electrons. The van der Waals surface area contributed by atoms with Crippen molar-refractivity contribution in [3.05, 3.63) is 63.8 Å². The number of hydrogen-bond donors (Lipinski definition) is 1. The highest BCUT2D eigenvalue weighted by Gasteiger charge is 2.12. The van der Waals surface area contributed by atoms with Crippen LogP contribution in [0.4, 0.5) is 0 Å². The number of rotatable bonds is 4. The Morgan fingerprint density at radius 3 is 2.77 bits per heavy atom. The van der Waals surface area contributed by atoms with E-state index >= 15 is 0 Å². The van der Waals surface area contributed by atoms with Gasteiger partial charge in [0.05, 0.1) is 18.5 Å². The second-order valence-corrected chi connectivity index (χ2v) is 6.21. The highest BCUT2D eigenvalue weighted by atomic mass is 35.5. The topological polar surface area (TPSA) is 55.1 Å². The molecule has 1 aromatic carbocycles. The van der Waals surface area contributed by atoms with Crippen molar-refractivity contribution < 1.29 is 9.21 Å². The maximum atomic E-state index is 12.1. The van der Waals surface area contributed by atoms with E-state index in [9.17, 15) is 4.79 Å². The maximum Gasteiger partial charge on any atom is 0.251 e. The zero-order chi connectivity index (χ0) is 15.5. The smallest absolute Gasteiger partial charge is 0.251 e. The van der Waals surface area contributed by atoms with Crippen LogP contribution in [0.5, 0.6) is 0 Å². The highest BCUT2D eigenvalue weighted by Crippen LogP contribution is 2.28. The van der Waals surface area contributed by atoms with Gasteiger partial charge in [-0.25, -0.2) is 4.98 Å². The van der Waals surface area contributed by atoms with E-state index in [0.717, 1.165) is 21.3 Å². The van der Waals surface area contributed by atoms with Gasteiger partial charge in [-0.2, -0.15) is 0 Å². The third kappa shape index (κ3) is 3.21. The second-order valence-electron chi connectivity index (χ2n) is 4.69. The Balaban J connectivity index is 1.69. The van der Waals surface area contributed by atoms with Gasteiger partial charge in [0.15, 0.2) is 10.8 Å². The first kappa shape index (κ1) is 14.8. The zero-order valence-corrected chi connectivity index (χ0v) is 13.4. The average Bonchev–Trinajstić information content (AvgIpc) is 3.15. The van der Waals surface area contributed by atoms with E-state index in [2.05, 4.69) is 10.3 Å². The average molecular weight is 333 g/mol. The van der Waals surface area contributed by atoms with Gasteiger partial charge in [0, 0.05) is 15.5 Å². The molecule has 6 heteroatoms. The monoisotopic (exact) mass is 332 g/mol. The normalized spacial score (nSPS) is 10.6. The summed E-state index contributed by atoms with van der Waals surface area (Å²) in [5.74, 6) is 0.604. The lowest BCUT2D eigenvalue weighted by molar-refractivity contribution is 0.0951. The van der Waals surface area contributed by atoms with Crippen molar-refractivity contribution in [1.29, 1.82) is 0 Å². The van der Waals surface area contributed by atoms with Gasteiger partial charge < -0.3 is 9.73 Å². The van der Waals surface area contributed by atoms with Crippen LogP contribution in [0.2, 0.25) is 5.02 Å². The van der Waals surface area contributed by atoms with Gasteiger partial charge in [-0.1, -0.05) is 11.6 Å². The van der Waals surface area contributed by atoms with E-state index < -0.39 is 0 Å². The lowest BCUT2D eigenvalue weighted by atomic mass is 10.2. The van der Waals surface area contributed by atoms with Crippen LogP contribution in [0.3, 0.4) is 0 Å². The lowest BCUT2D eigenvalue weighted by Gasteiger charge is -2.04. The Kier molecular flexibility index (Phi) is 4.27. The predicted molar refractivity (Wildman–Crippen MR) is 87.2 cm³/mol. The first-order valence-corrected chi connectivity index (χ1v) is 7.87. The molecule has 0 radical (unpaired) electrons. The Labute approximate surface area is 136 Å². The van der Waals surface area contributed by atoms with Crippen molar-refractivity contribution in [1.82, 2.24) is 10.3 Å². The Bertz CT molecular complexity index is 779. The predicted octanol–water partition coefficient (Wildman–Crippen LogP) is 4.29. The molecule has 0 saturated carbocycles. The molecule has 0 aliphatic heterocycles. The number of aromatic nitrogens is 1. The number of benzene rings is 1. The van der Waals surface area contributed by atoms with E-state index in [-0.39, 0.29) is 5.91 Å². The number of carbonyl (C=O) groups excluding carboxylic acids is 1. The third-order valence-electron chi connectivity index (χ3n) is 3.14. The summed E-state index contributed by atoms with van der Waals surface area (Å²) in [5, 5.41) is 4.32. The van der Waals surface area contributed by atoms with E-state index in [1.807, 2.05) is 19.1 Å². The number of halogens is 1. The quantitative estimate of drug-likeness (QED) is 0.775. The van der Waals surface area contributed by atoms with Crippen molar-refractivity contribution in [2.45, 2.75) is 13.5 Å². The molecule has 2 heterocycles. The minimum Gasteiger partial charge on any atom is -0.462 e. The molecule has 0 bridgehead atoms. The maximum absolute atomic E-state index is 12.1. The number of hydrogen-bond acceptors (Lipinski definition) is 4. The fourth-order valence-electron chi connectivity index (χ4n) is 1.96. The zero-order valence-electron chi connectivity index (χ0n) is 11.8. The summed E-state index contributed by atoms with van der Waals surface area (Å²) in [7, 11) is 0. The summed E-state index contributed by atoms with van der Waals surface area (Å²) in [6.45, 7) is 2.36. The molecule has 1 N–H and O–H groups in total. The molecule has 0 atom stereocenters. The molecule has 0 aliphatic rings. The van der Waals surface area contributed by atoms with Crippen molar-refractivity contribution in [2.24, 2.45) is 0 Å². The summed E-state index contributed by atoms with van der Waals surface area (Å²) in [6.07, 6.45) is 1.62. The summed E-state index contributed by atoms with van der Waals surface area (Å²) < 4.78 is 5.34. The van der Waals surface area contributed by atoms with Crippen LogP contribution < -0.4 is 5.32 Å². The largest absolute Gasteiger partial charge is 0.462 e. The molecular weight excluding hydrogens is 320 g/mol. The molecular formula is C16H13ClN2O2S. The summed E-state index contributed by atoms with van der Waals surface area (Å²) >= 11 is 7.33. The van der Waals surface area contributed by atoms with Gasteiger partial charge >= 0.3 is 0 Å². The molecule has 2 aromatic heterocycles.